The van der Waals surface area contributed by atoms with Crippen molar-refractivity contribution in [3.05, 3.63) is 59.7 Å². The Morgan fingerprint density at radius 1 is 1.04 bits per heavy atom. The number of ether oxygens (including phenoxy) is 2. The van der Waals surface area contributed by atoms with E-state index in [1.165, 1.54) is 14.2 Å². The van der Waals surface area contributed by atoms with Gasteiger partial charge in [-0.05, 0) is 18.2 Å². The van der Waals surface area contributed by atoms with Crippen LogP contribution in [0.2, 0.25) is 0 Å². The fourth-order valence-corrected chi connectivity index (χ4v) is 1.98. The molecule has 124 valence electrons. The van der Waals surface area contributed by atoms with Gasteiger partial charge >= 0.3 is 0 Å². The van der Waals surface area contributed by atoms with E-state index < -0.39 is 5.91 Å². The van der Waals surface area contributed by atoms with Gasteiger partial charge in [-0.3, -0.25) is 4.79 Å². The highest BCUT2D eigenvalue weighted by atomic mass is 16.5. The number of amides is 1. The Morgan fingerprint density at radius 2 is 1.75 bits per heavy atom. The third-order valence-corrected chi connectivity index (χ3v) is 3.17. The summed E-state index contributed by atoms with van der Waals surface area (Å²) in [6.07, 6.45) is 1.14. The summed E-state index contributed by atoms with van der Waals surface area (Å²) in [5.74, 6) is 0.528. The Morgan fingerprint density at radius 3 is 2.38 bits per heavy atom. The molecule has 0 saturated carbocycles. The standard InChI is InChI=1S/C17H17N3O4/c1-23-15-9-8-13(10-16(15)24-2)17(21)20-19-14(11-18-22)12-6-4-3-5-7-12/h3-11,22H,1-2H3,(H,20,21)/b18-11-,19-14+. The second kappa shape index (κ2) is 8.33. The molecular weight excluding hydrogens is 310 g/mol. The van der Waals surface area contributed by atoms with Gasteiger partial charge in [-0.25, -0.2) is 5.43 Å². The first-order chi connectivity index (χ1) is 11.7. The molecule has 0 aromatic heterocycles. The molecule has 1 amide bonds. The van der Waals surface area contributed by atoms with Crippen LogP contribution in [0, 0.1) is 0 Å². The number of benzene rings is 2. The zero-order valence-electron chi connectivity index (χ0n) is 13.3. The van der Waals surface area contributed by atoms with Crippen LogP contribution in [0.25, 0.3) is 0 Å². The van der Waals surface area contributed by atoms with Crippen LogP contribution in [0.3, 0.4) is 0 Å². The van der Waals surface area contributed by atoms with Gasteiger partial charge in [0.05, 0.1) is 20.4 Å². The van der Waals surface area contributed by atoms with Crippen LogP contribution in [0.4, 0.5) is 0 Å². The molecule has 0 heterocycles. The maximum absolute atomic E-state index is 12.2. The lowest BCUT2D eigenvalue weighted by atomic mass is 10.1. The molecular formula is C17H17N3O4. The number of nitrogens with one attached hydrogen (secondary N) is 1. The highest BCUT2D eigenvalue weighted by molar-refractivity contribution is 6.38. The maximum atomic E-state index is 12.2. The maximum Gasteiger partial charge on any atom is 0.271 e. The number of rotatable bonds is 6. The van der Waals surface area contributed by atoms with E-state index in [4.69, 9.17) is 14.7 Å². The molecule has 0 atom stereocenters. The average Bonchev–Trinajstić information content (AvgIpc) is 2.64. The smallest absolute Gasteiger partial charge is 0.271 e. The third-order valence-electron chi connectivity index (χ3n) is 3.17. The summed E-state index contributed by atoms with van der Waals surface area (Å²) < 4.78 is 10.3. The van der Waals surface area contributed by atoms with E-state index in [1.807, 2.05) is 18.2 Å². The minimum atomic E-state index is -0.435. The molecule has 2 aromatic carbocycles. The average molecular weight is 327 g/mol. The molecule has 24 heavy (non-hydrogen) atoms. The predicted octanol–water partition coefficient (Wildman–Crippen LogP) is 2.30. The number of nitrogens with zero attached hydrogens (tertiary/aromatic N) is 2. The lowest BCUT2D eigenvalue weighted by molar-refractivity contribution is 0.0954. The van der Waals surface area contributed by atoms with Crippen molar-refractivity contribution >= 4 is 17.8 Å². The van der Waals surface area contributed by atoms with Crippen molar-refractivity contribution in [2.24, 2.45) is 10.3 Å². The van der Waals surface area contributed by atoms with Gasteiger partial charge in [0.1, 0.15) is 5.71 Å². The van der Waals surface area contributed by atoms with E-state index in [0.717, 1.165) is 6.21 Å². The molecule has 0 aliphatic rings. The predicted molar refractivity (Wildman–Crippen MR) is 90.3 cm³/mol. The van der Waals surface area contributed by atoms with Crippen molar-refractivity contribution in [2.45, 2.75) is 0 Å². The van der Waals surface area contributed by atoms with Crippen LogP contribution in [0.15, 0.2) is 58.8 Å². The van der Waals surface area contributed by atoms with Gasteiger partial charge in [0, 0.05) is 11.1 Å². The fraction of sp³-hybridized carbons (Fsp3) is 0.118. The molecule has 0 fully saturated rings. The molecule has 0 saturated heterocycles. The number of hydrazone groups is 1. The molecule has 0 aliphatic heterocycles. The Bertz CT molecular complexity index is 758. The quantitative estimate of drug-likeness (QED) is 0.484. The SMILES string of the molecule is COc1ccc(C(=O)N/N=C(\C=N/O)c2ccccc2)cc1OC. The molecule has 0 bridgehead atoms. The van der Waals surface area contributed by atoms with Crippen molar-refractivity contribution < 1.29 is 19.5 Å². The Balaban J connectivity index is 2.21. The highest BCUT2D eigenvalue weighted by Crippen LogP contribution is 2.27. The zero-order valence-corrected chi connectivity index (χ0v) is 13.3. The number of hydrogen-bond donors (Lipinski definition) is 2. The van der Waals surface area contributed by atoms with Crippen LogP contribution in [0.5, 0.6) is 11.5 Å². The van der Waals surface area contributed by atoms with E-state index >= 15 is 0 Å². The third kappa shape index (κ3) is 4.10. The van der Waals surface area contributed by atoms with E-state index in [1.54, 1.807) is 30.3 Å². The summed E-state index contributed by atoms with van der Waals surface area (Å²) in [6.45, 7) is 0. The molecule has 7 nitrogen and oxygen atoms in total. The Kier molecular flexibility index (Phi) is 5.90. The first kappa shape index (κ1) is 17.0. The summed E-state index contributed by atoms with van der Waals surface area (Å²) in [6, 6.07) is 13.8. The number of methoxy groups -OCH3 is 2. The summed E-state index contributed by atoms with van der Waals surface area (Å²) in [5.41, 5.74) is 3.78. The van der Waals surface area contributed by atoms with Crippen LogP contribution in [-0.2, 0) is 0 Å². The van der Waals surface area contributed by atoms with Gasteiger partial charge in [0.2, 0.25) is 0 Å². The topological polar surface area (TPSA) is 92.5 Å². The van der Waals surface area contributed by atoms with Crippen molar-refractivity contribution in [3.8, 4) is 11.5 Å². The first-order valence-electron chi connectivity index (χ1n) is 7.02. The van der Waals surface area contributed by atoms with Gasteiger partial charge in [-0.1, -0.05) is 35.5 Å². The van der Waals surface area contributed by atoms with Gasteiger partial charge in [0.15, 0.2) is 11.5 Å². The van der Waals surface area contributed by atoms with Gasteiger partial charge in [-0.15, -0.1) is 0 Å². The lowest BCUT2D eigenvalue weighted by Gasteiger charge is -2.09. The van der Waals surface area contributed by atoms with Gasteiger partial charge in [0.25, 0.3) is 5.91 Å². The molecule has 7 heteroatoms. The number of carbonyl (C=O) groups excluding carboxylic acids is 1. The Hall–Kier alpha value is -3.35. The minimum Gasteiger partial charge on any atom is -0.493 e. The molecule has 0 radical (unpaired) electrons. The number of carbonyl (C=O) groups is 1. The van der Waals surface area contributed by atoms with Crippen molar-refractivity contribution in [3.63, 3.8) is 0 Å². The lowest BCUT2D eigenvalue weighted by Crippen LogP contribution is -2.20. The molecule has 2 rings (SSSR count). The molecule has 0 aliphatic carbocycles. The summed E-state index contributed by atoms with van der Waals surface area (Å²) in [7, 11) is 3.01. The summed E-state index contributed by atoms with van der Waals surface area (Å²) >= 11 is 0. The van der Waals surface area contributed by atoms with Crippen molar-refractivity contribution in [1.29, 1.82) is 0 Å². The van der Waals surface area contributed by atoms with Gasteiger partial charge in [-0.2, -0.15) is 5.10 Å². The number of hydrogen-bond acceptors (Lipinski definition) is 6. The van der Waals surface area contributed by atoms with E-state index in [-0.39, 0.29) is 0 Å². The van der Waals surface area contributed by atoms with Gasteiger partial charge < -0.3 is 14.7 Å². The summed E-state index contributed by atoms with van der Waals surface area (Å²) in [5, 5.41) is 15.7. The molecule has 0 spiro atoms. The number of oxime groups is 1. The zero-order chi connectivity index (χ0) is 17.4. The monoisotopic (exact) mass is 327 g/mol. The van der Waals surface area contributed by atoms with E-state index in [2.05, 4.69) is 15.7 Å². The fourth-order valence-electron chi connectivity index (χ4n) is 1.98. The van der Waals surface area contributed by atoms with Crippen LogP contribution >= 0.6 is 0 Å². The van der Waals surface area contributed by atoms with E-state index in [0.29, 0.717) is 28.3 Å². The molecule has 2 aromatic rings. The molecule has 0 unspecified atom stereocenters. The first-order valence-corrected chi connectivity index (χ1v) is 7.02. The highest BCUT2D eigenvalue weighted by Gasteiger charge is 2.11. The molecule has 2 N–H and O–H groups in total. The second-order valence-corrected chi connectivity index (χ2v) is 4.62. The van der Waals surface area contributed by atoms with Crippen molar-refractivity contribution in [1.82, 2.24) is 5.43 Å². The van der Waals surface area contributed by atoms with Crippen molar-refractivity contribution in [2.75, 3.05) is 14.2 Å². The minimum absolute atomic E-state index is 0.312. The largest absolute Gasteiger partial charge is 0.493 e. The summed E-state index contributed by atoms with van der Waals surface area (Å²) in [4.78, 5) is 12.2. The van der Waals surface area contributed by atoms with E-state index in [9.17, 15) is 4.79 Å². The van der Waals surface area contributed by atoms with Crippen LogP contribution in [-0.4, -0.2) is 37.3 Å². The van der Waals surface area contributed by atoms with Crippen LogP contribution in [0.1, 0.15) is 15.9 Å². The second-order valence-electron chi connectivity index (χ2n) is 4.62. The van der Waals surface area contributed by atoms with Crippen LogP contribution < -0.4 is 14.9 Å². The Labute approximate surface area is 139 Å². The normalized spacial score (nSPS) is 11.3.